The van der Waals surface area contributed by atoms with Crippen LogP contribution in [0.4, 0.5) is 0 Å². The number of hydrogen-bond acceptors (Lipinski definition) is 5. The number of methoxy groups -OCH3 is 2. The van der Waals surface area contributed by atoms with E-state index >= 15 is 0 Å². The van der Waals surface area contributed by atoms with Crippen molar-refractivity contribution in [2.45, 2.75) is 0 Å². The van der Waals surface area contributed by atoms with E-state index in [-0.39, 0.29) is 11.5 Å². The zero-order valence-electron chi connectivity index (χ0n) is 13.9. The smallest absolute Gasteiger partial charge is 0.161 e. The number of phenolic OH excluding ortho intramolecular Hbond substituents is 2. The Labute approximate surface area is 145 Å². The summed E-state index contributed by atoms with van der Waals surface area (Å²) in [4.78, 5) is 0. The number of rotatable bonds is 5. The Bertz CT molecular complexity index is 916. The van der Waals surface area contributed by atoms with Gasteiger partial charge in [-0.15, -0.1) is 0 Å². The highest BCUT2D eigenvalue weighted by Gasteiger charge is 2.07. The zero-order valence-corrected chi connectivity index (χ0v) is 13.9. The number of aromatic nitrogens is 2. The second kappa shape index (κ2) is 7.00. The highest BCUT2D eigenvalue weighted by molar-refractivity contribution is 5.72. The van der Waals surface area contributed by atoms with Crippen molar-refractivity contribution in [2.24, 2.45) is 0 Å². The summed E-state index contributed by atoms with van der Waals surface area (Å²) in [5, 5.41) is 26.5. The van der Waals surface area contributed by atoms with Crippen molar-refractivity contribution in [2.75, 3.05) is 14.2 Å². The molecule has 128 valence electrons. The molecule has 3 rings (SSSR count). The molecule has 0 atom stereocenters. The minimum Gasteiger partial charge on any atom is -0.504 e. The average Bonchev–Trinajstić information content (AvgIpc) is 3.10. The molecular formula is C19H18N2O4. The predicted molar refractivity (Wildman–Crippen MR) is 95.8 cm³/mol. The van der Waals surface area contributed by atoms with E-state index < -0.39 is 0 Å². The standard InChI is InChI=1S/C19H18N2O4/c1-24-18-9-12(4-7-16(18)22)3-6-14-11-15(21-20-14)13-5-8-17(23)19(10-13)25-2/h3-11,22-23H,1-2H3,(H,20,21)/b6-3+. The van der Waals surface area contributed by atoms with Gasteiger partial charge in [0.15, 0.2) is 23.0 Å². The summed E-state index contributed by atoms with van der Waals surface area (Å²) >= 11 is 0. The number of aromatic amines is 1. The third-order valence-electron chi connectivity index (χ3n) is 3.73. The van der Waals surface area contributed by atoms with Crippen LogP contribution in [-0.4, -0.2) is 34.6 Å². The highest BCUT2D eigenvalue weighted by Crippen LogP contribution is 2.31. The van der Waals surface area contributed by atoms with Crippen molar-refractivity contribution in [3.8, 4) is 34.3 Å². The molecule has 0 aliphatic heterocycles. The topological polar surface area (TPSA) is 87.6 Å². The predicted octanol–water partition coefficient (Wildman–Crippen LogP) is 3.68. The molecule has 0 spiro atoms. The van der Waals surface area contributed by atoms with Gasteiger partial charge in [-0.1, -0.05) is 12.1 Å². The largest absolute Gasteiger partial charge is 0.504 e. The number of benzene rings is 2. The first-order chi connectivity index (χ1) is 12.1. The molecule has 0 saturated carbocycles. The van der Waals surface area contributed by atoms with E-state index in [1.54, 1.807) is 36.4 Å². The fourth-order valence-corrected chi connectivity index (χ4v) is 2.39. The van der Waals surface area contributed by atoms with Gasteiger partial charge in [0.2, 0.25) is 0 Å². The monoisotopic (exact) mass is 338 g/mol. The molecule has 0 saturated heterocycles. The van der Waals surface area contributed by atoms with Crippen LogP contribution >= 0.6 is 0 Å². The molecule has 0 aliphatic rings. The third-order valence-corrected chi connectivity index (χ3v) is 3.73. The maximum Gasteiger partial charge on any atom is 0.161 e. The SMILES string of the molecule is COc1cc(/C=C/c2cc(-c3ccc(O)c(OC)c3)n[nH]2)ccc1O. The average molecular weight is 338 g/mol. The molecular weight excluding hydrogens is 320 g/mol. The lowest BCUT2D eigenvalue weighted by molar-refractivity contribution is 0.373. The molecule has 6 nitrogen and oxygen atoms in total. The first-order valence-corrected chi connectivity index (χ1v) is 7.58. The van der Waals surface area contributed by atoms with Crippen LogP contribution in [0.3, 0.4) is 0 Å². The molecule has 6 heteroatoms. The van der Waals surface area contributed by atoms with Crippen molar-refractivity contribution in [3.63, 3.8) is 0 Å². The van der Waals surface area contributed by atoms with Crippen LogP contribution in [0.2, 0.25) is 0 Å². The van der Waals surface area contributed by atoms with Gasteiger partial charge in [0, 0.05) is 5.56 Å². The molecule has 1 aromatic heterocycles. The van der Waals surface area contributed by atoms with Crippen molar-refractivity contribution < 1.29 is 19.7 Å². The minimum absolute atomic E-state index is 0.0863. The normalized spacial score (nSPS) is 11.0. The second-order valence-electron chi connectivity index (χ2n) is 5.36. The van der Waals surface area contributed by atoms with E-state index in [9.17, 15) is 10.2 Å². The molecule has 0 aliphatic carbocycles. The number of H-pyrrole nitrogens is 1. The summed E-state index contributed by atoms with van der Waals surface area (Å²) in [5.74, 6) is 1.00. The molecule has 2 aromatic carbocycles. The Hall–Kier alpha value is -3.41. The van der Waals surface area contributed by atoms with Gasteiger partial charge < -0.3 is 19.7 Å². The second-order valence-corrected chi connectivity index (χ2v) is 5.36. The van der Waals surface area contributed by atoms with Crippen LogP contribution in [-0.2, 0) is 0 Å². The molecule has 1 heterocycles. The lowest BCUT2D eigenvalue weighted by Crippen LogP contribution is -1.85. The Morgan fingerprint density at radius 2 is 1.56 bits per heavy atom. The van der Waals surface area contributed by atoms with E-state index in [1.165, 1.54) is 14.2 Å². The van der Waals surface area contributed by atoms with Gasteiger partial charge in [0.1, 0.15) is 0 Å². The van der Waals surface area contributed by atoms with Gasteiger partial charge >= 0.3 is 0 Å². The van der Waals surface area contributed by atoms with Gasteiger partial charge in [0.05, 0.1) is 25.6 Å². The van der Waals surface area contributed by atoms with Gasteiger partial charge in [0.25, 0.3) is 0 Å². The summed E-state index contributed by atoms with van der Waals surface area (Å²) in [7, 11) is 3.01. The van der Waals surface area contributed by atoms with E-state index in [0.717, 1.165) is 22.5 Å². The Morgan fingerprint density at radius 1 is 0.880 bits per heavy atom. The van der Waals surface area contributed by atoms with Crippen LogP contribution in [0.15, 0.2) is 42.5 Å². The molecule has 0 amide bonds. The lowest BCUT2D eigenvalue weighted by atomic mass is 10.1. The fraction of sp³-hybridized carbons (Fsp3) is 0.105. The Balaban J connectivity index is 1.82. The van der Waals surface area contributed by atoms with Crippen LogP contribution in [0.25, 0.3) is 23.4 Å². The summed E-state index contributed by atoms with van der Waals surface area (Å²) in [6, 6.07) is 12.1. The number of hydrogen-bond donors (Lipinski definition) is 3. The third kappa shape index (κ3) is 3.58. The summed E-state index contributed by atoms with van der Waals surface area (Å²) in [6.07, 6.45) is 3.76. The molecule has 0 unspecified atom stereocenters. The first-order valence-electron chi connectivity index (χ1n) is 7.58. The summed E-state index contributed by atoms with van der Waals surface area (Å²) in [6.45, 7) is 0. The lowest BCUT2D eigenvalue weighted by Gasteiger charge is -2.04. The number of nitrogens with one attached hydrogen (secondary N) is 1. The van der Waals surface area contributed by atoms with Gasteiger partial charge in [-0.3, -0.25) is 5.10 Å². The maximum atomic E-state index is 9.67. The van der Waals surface area contributed by atoms with E-state index in [1.807, 2.05) is 18.2 Å². The summed E-state index contributed by atoms with van der Waals surface area (Å²) < 4.78 is 10.2. The molecule has 0 fully saturated rings. The fourth-order valence-electron chi connectivity index (χ4n) is 2.39. The van der Waals surface area contributed by atoms with Crippen LogP contribution in [0.1, 0.15) is 11.3 Å². The molecule has 3 N–H and O–H groups in total. The number of ether oxygens (including phenoxy) is 2. The van der Waals surface area contributed by atoms with Gasteiger partial charge in [-0.2, -0.15) is 5.10 Å². The molecule has 0 bridgehead atoms. The number of nitrogens with zero attached hydrogens (tertiary/aromatic N) is 1. The van der Waals surface area contributed by atoms with Crippen molar-refractivity contribution in [1.82, 2.24) is 10.2 Å². The minimum atomic E-state index is 0.0863. The molecule has 3 aromatic rings. The molecule has 0 radical (unpaired) electrons. The van der Waals surface area contributed by atoms with E-state index in [2.05, 4.69) is 10.2 Å². The number of aromatic hydroxyl groups is 2. The van der Waals surface area contributed by atoms with Crippen LogP contribution in [0, 0.1) is 0 Å². The maximum absolute atomic E-state index is 9.67. The highest BCUT2D eigenvalue weighted by atomic mass is 16.5. The van der Waals surface area contributed by atoms with Gasteiger partial charge in [-0.25, -0.2) is 0 Å². The first kappa shape index (κ1) is 16.4. The Kier molecular flexibility index (Phi) is 4.61. The Morgan fingerprint density at radius 3 is 2.28 bits per heavy atom. The van der Waals surface area contributed by atoms with Crippen LogP contribution < -0.4 is 9.47 Å². The number of phenols is 2. The quantitative estimate of drug-likeness (QED) is 0.660. The van der Waals surface area contributed by atoms with Crippen molar-refractivity contribution in [3.05, 3.63) is 53.7 Å². The zero-order chi connectivity index (χ0) is 17.8. The molecule has 25 heavy (non-hydrogen) atoms. The van der Waals surface area contributed by atoms with Crippen molar-refractivity contribution >= 4 is 12.2 Å². The van der Waals surface area contributed by atoms with Crippen molar-refractivity contribution in [1.29, 1.82) is 0 Å². The van der Waals surface area contributed by atoms with E-state index in [4.69, 9.17) is 9.47 Å². The van der Waals surface area contributed by atoms with E-state index in [0.29, 0.717) is 11.5 Å². The van der Waals surface area contributed by atoms with Gasteiger partial charge in [-0.05, 0) is 48.0 Å². The summed E-state index contributed by atoms with van der Waals surface area (Å²) in [5.41, 5.74) is 3.27. The van der Waals surface area contributed by atoms with Crippen LogP contribution in [0.5, 0.6) is 23.0 Å².